The highest BCUT2D eigenvalue weighted by Gasteiger charge is 2.51. The quantitative estimate of drug-likeness (QED) is 0.660. The van der Waals surface area contributed by atoms with E-state index < -0.39 is 6.04 Å². The molecule has 1 aromatic carbocycles. The number of ether oxygens (including phenoxy) is 2. The minimum atomic E-state index is -0.533. The number of unbranched alkanes of at least 4 members (excludes halogenated alkanes) is 2. The normalized spacial score (nSPS) is 25.8. The van der Waals surface area contributed by atoms with Gasteiger partial charge in [0.2, 0.25) is 0 Å². The van der Waals surface area contributed by atoms with Gasteiger partial charge in [-0.2, -0.15) is 0 Å². The minimum Gasteiger partial charge on any atom is -0.494 e. The first-order valence-corrected chi connectivity index (χ1v) is 11.2. The second kappa shape index (κ2) is 9.21. The molecule has 162 valence electrons. The number of fused-ring (bicyclic) bond motifs is 1. The van der Waals surface area contributed by atoms with Crippen molar-refractivity contribution in [3.05, 3.63) is 41.2 Å². The molecule has 3 atom stereocenters. The van der Waals surface area contributed by atoms with Gasteiger partial charge in [-0.15, -0.1) is 0 Å². The molecule has 1 aliphatic carbocycles. The molecule has 2 aliphatic heterocycles. The molecule has 3 aliphatic rings. The number of benzene rings is 1. The molecule has 1 saturated carbocycles. The highest BCUT2D eigenvalue weighted by atomic mass is 16.5. The monoisotopic (exact) mass is 413 g/mol. The van der Waals surface area contributed by atoms with E-state index >= 15 is 0 Å². The van der Waals surface area contributed by atoms with Gasteiger partial charge in [-0.25, -0.2) is 0 Å². The fraction of sp³-hybridized carbons (Fsp3) is 0.583. The fourth-order valence-electron chi connectivity index (χ4n) is 4.89. The van der Waals surface area contributed by atoms with Crippen molar-refractivity contribution >= 4 is 11.7 Å². The average Bonchev–Trinajstić information content (AvgIpc) is 3.04. The molecule has 0 spiro atoms. The van der Waals surface area contributed by atoms with Crippen LogP contribution in [0, 0.1) is 5.92 Å². The summed E-state index contributed by atoms with van der Waals surface area (Å²) < 4.78 is 12.0. The molecule has 1 fully saturated rings. The maximum absolute atomic E-state index is 13.4. The molecule has 1 N–H and O–H groups in total. The lowest BCUT2D eigenvalue weighted by molar-refractivity contribution is -0.135. The van der Waals surface area contributed by atoms with Gasteiger partial charge in [0.1, 0.15) is 11.9 Å². The summed E-state index contributed by atoms with van der Waals surface area (Å²) >= 11 is 0. The molecule has 30 heavy (non-hydrogen) atoms. The van der Waals surface area contributed by atoms with Crippen molar-refractivity contribution in [3.63, 3.8) is 0 Å². The van der Waals surface area contributed by atoms with E-state index in [1.807, 2.05) is 24.3 Å². The zero-order valence-electron chi connectivity index (χ0n) is 17.6. The third kappa shape index (κ3) is 3.85. The van der Waals surface area contributed by atoms with Crippen LogP contribution in [-0.2, 0) is 14.3 Å². The Morgan fingerprint density at radius 2 is 2.03 bits per heavy atom. The van der Waals surface area contributed by atoms with Gasteiger partial charge in [0.15, 0.2) is 11.5 Å². The average molecular weight is 414 g/mol. The Kier molecular flexibility index (Phi) is 6.42. The summed E-state index contributed by atoms with van der Waals surface area (Å²) in [5, 5.41) is 9.57. The SMILES string of the molecule is CCCCCOc1cccc(C2C3=C(OC4CCCCC4C3=O)C(=O)N2CCO)c1. The van der Waals surface area contributed by atoms with Crippen LogP contribution in [0.15, 0.2) is 35.6 Å². The van der Waals surface area contributed by atoms with Gasteiger partial charge in [0.25, 0.3) is 5.91 Å². The van der Waals surface area contributed by atoms with Crippen LogP contribution in [0.4, 0.5) is 0 Å². The van der Waals surface area contributed by atoms with Gasteiger partial charge >= 0.3 is 0 Å². The summed E-state index contributed by atoms with van der Waals surface area (Å²) in [5.74, 6) is 0.490. The van der Waals surface area contributed by atoms with E-state index in [1.165, 1.54) is 0 Å². The maximum Gasteiger partial charge on any atom is 0.290 e. The summed E-state index contributed by atoms with van der Waals surface area (Å²) in [6.45, 7) is 2.78. The van der Waals surface area contributed by atoms with Crippen molar-refractivity contribution in [2.45, 2.75) is 64.0 Å². The molecule has 0 saturated heterocycles. The van der Waals surface area contributed by atoms with Crippen LogP contribution < -0.4 is 4.74 Å². The van der Waals surface area contributed by atoms with E-state index in [1.54, 1.807) is 4.90 Å². The number of hydrogen-bond acceptors (Lipinski definition) is 5. The van der Waals surface area contributed by atoms with Crippen LogP contribution in [0.2, 0.25) is 0 Å². The number of carbonyl (C=O) groups excluding carboxylic acids is 2. The van der Waals surface area contributed by atoms with Crippen molar-refractivity contribution in [3.8, 4) is 5.75 Å². The summed E-state index contributed by atoms with van der Waals surface area (Å²) in [7, 11) is 0. The van der Waals surface area contributed by atoms with Gasteiger partial charge in [-0.1, -0.05) is 38.3 Å². The molecule has 0 radical (unpaired) electrons. The number of β-amino-alcohol motifs (C(OH)–C–C–N with tert-alkyl or cyclic N) is 1. The van der Waals surface area contributed by atoms with Crippen molar-refractivity contribution < 1.29 is 24.2 Å². The lowest BCUT2D eigenvalue weighted by Crippen LogP contribution is -2.39. The third-order valence-electron chi connectivity index (χ3n) is 6.39. The largest absolute Gasteiger partial charge is 0.494 e. The molecule has 0 bridgehead atoms. The minimum absolute atomic E-state index is 0.0361. The van der Waals surface area contributed by atoms with Crippen molar-refractivity contribution in [1.82, 2.24) is 4.90 Å². The van der Waals surface area contributed by atoms with Gasteiger partial charge < -0.3 is 19.5 Å². The molecule has 6 heteroatoms. The molecule has 1 aromatic rings. The molecule has 3 unspecified atom stereocenters. The van der Waals surface area contributed by atoms with E-state index in [0.717, 1.165) is 56.3 Å². The smallest absolute Gasteiger partial charge is 0.290 e. The third-order valence-corrected chi connectivity index (χ3v) is 6.39. The highest BCUT2D eigenvalue weighted by molar-refractivity contribution is 6.11. The molecule has 4 rings (SSSR count). The number of carbonyl (C=O) groups is 2. The fourth-order valence-corrected chi connectivity index (χ4v) is 4.89. The number of hydrogen-bond donors (Lipinski definition) is 1. The van der Waals surface area contributed by atoms with Crippen LogP contribution in [0.3, 0.4) is 0 Å². The Hall–Kier alpha value is -2.34. The molecular formula is C24H31NO5. The summed E-state index contributed by atoms with van der Waals surface area (Å²) in [5.41, 5.74) is 1.28. The number of rotatable bonds is 8. The lowest BCUT2D eigenvalue weighted by Gasteiger charge is -2.35. The van der Waals surface area contributed by atoms with Gasteiger partial charge in [0.05, 0.1) is 30.7 Å². The van der Waals surface area contributed by atoms with E-state index in [9.17, 15) is 14.7 Å². The number of amides is 1. The topological polar surface area (TPSA) is 76.1 Å². The van der Waals surface area contributed by atoms with Gasteiger partial charge in [-0.3, -0.25) is 9.59 Å². The number of aliphatic hydroxyl groups is 1. The summed E-state index contributed by atoms with van der Waals surface area (Å²) in [6.07, 6.45) is 6.69. The van der Waals surface area contributed by atoms with Crippen LogP contribution in [0.25, 0.3) is 0 Å². The summed E-state index contributed by atoms with van der Waals surface area (Å²) in [4.78, 5) is 28.1. The zero-order valence-corrected chi connectivity index (χ0v) is 17.6. The molecular weight excluding hydrogens is 382 g/mol. The maximum atomic E-state index is 13.4. The van der Waals surface area contributed by atoms with E-state index in [-0.39, 0.29) is 42.6 Å². The molecule has 2 heterocycles. The van der Waals surface area contributed by atoms with Crippen LogP contribution >= 0.6 is 0 Å². The zero-order chi connectivity index (χ0) is 21.1. The van der Waals surface area contributed by atoms with Crippen LogP contribution in [0.5, 0.6) is 5.75 Å². The Balaban J connectivity index is 1.65. The van der Waals surface area contributed by atoms with Crippen molar-refractivity contribution in [2.75, 3.05) is 19.8 Å². The Morgan fingerprint density at radius 1 is 1.20 bits per heavy atom. The second-order valence-electron chi connectivity index (χ2n) is 8.41. The Labute approximate surface area is 177 Å². The number of ketones is 1. The van der Waals surface area contributed by atoms with Gasteiger partial charge in [-0.05, 0) is 43.4 Å². The predicted molar refractivity (Wildman–Crippen MR) is 112 cm³/mol. The van der Waals surface area contributed by atoms with E-state index in [0.29, 0.717) is 12.2 Å². The van der Waals surface area contributed by atoms with Crippen molar-refractivity contribution in [2.24, 2.45) is 5.92 Å². The second-order valence-corrected chi connectivity index (χ2v) is 8.41. The van der Waals surface area contributed by atoms with Crippen LogP contribution in [0.1, 0.15) is 63.5 Å². The number of nitrogens with zero attached hydrogens (tertiary/aromatic N) is 1. The first-order chi connectivity index (χ1) is 14.7. The van der Waals surface area contributed by atoms with E-state index in [2.05, 4.69) is 6.92 Å². The van der Waals surface area contributed by atoms with Crippen molar-refractivity contribution in [1.29, 1.82) is 0 Å². The molecule has 0 aromatic heterocycles. The molecule has 1 amide bonds. The first kappa shape index (κ1) is 20.9. The predicted octanol–water partition coefficient (Wildman–Crippen LogP) is 3.54. The standard InChI is InChI=1S/C24H31NO5/c1-2-3-6-14-29-17-9-7-8-16(15-17)21-20-22(27)18-10-4-5-11-19(18)30-23(20)24(28)25(21)12-13-26/h7-9,15,18-19,21,26H,2-6,10-14H2,1H3. The highest BCUT2D eigenvalue weighted by Crippen LogP contribution is 2.46. The molecule has 6 nitrogen and oxygen atoms in total. The summed E-state index contributed by atoms with van der Waals surface area (Å²) in [6, 6.07) is 7.08. The Morgan fingerprint density at radius 3 is 2.83 bits per heavy atom. The Bertz CT molecular complexity index is 833. The van der Waals surface area contributed by atoms with Gasteiger partial charge in [0, 0.05) is 6.54 Å². The first-order valence-electron chi connectivity index (χ1n) is 11.2. The van der Waals surface area contributed by atoms with E-state index in [4.69, 9.17) is 9.47 Å². The number of aliphatic hydroxyl groups excluding tert-OH is 1. The van der Waals surface area contributed by atoms with Crippen LogP contribution in [-0.4, -0.2) is 47.6 Å². The number of Topliss-reactive ketones (excluding diaryl/α,β-unsaturated/α-hetero) is 1. The lowest BCUT2D eigenvalue weighted by atomic mass is 9.77.